The van der Waals surface area contributed by atoms with Crippen molar-refractivity contribution >= 4 is 11.4 Å². The van der Waals surface area contributed by atoms with Gasteiger partial charge in [-0.05, 0) is 35.9 Å². The second-order valence-electron chi connectivity index (χ2n) is 4.78. The van der Waals surface area contributed by atoms with E-state index in [0.717, 1.165) is 28.3 Å². The standard InChI is InChI=1S/C19H16N2O/c1-22-17-13-11-16(12-14-17)20-21-19-10-6-5-9-18(19)15-7-3-2-4-8-15/h2-14H,1H3. The van der Waals surface area contributed by atoms with Gasteiger partial charge in [-0.25, -0.2) is 0 Å². The highest BCUT2D eigenvalue weighted by molar-refractivity contribution is 5.75. The fraction of sp³-hybridized carbons (Fsp3) is 0.0526. The Kier molecular flexibility index (Phi) is 4.25. The van der Waals surface area contributed by atoms with Crippen LogP contribution in [-0.4, -0.2) is 7.11 Å². The van der Waals surface area contributed by atoms with E-state index in [9.17, 15) is 0 Å². The Hall–Kier alpha value is -2.94. The third-order valence-electron chi connectivity index (χ3n) is 3.33. The minimum atomic E-state index is 0.795. The minimum Gasteiger partial charge on any atom is -0.497 e. The Morgan fingerprint density at radius 1 is 0.682 bits per heavy atom. The molecule has 3 aromatic carbocycles. The lowest BCUT2D eigenvalue weighted by molar-refractivity contribution is 0.415. The van der Waals surface area contributed by atoms with Gasteiger partial charge in [0, 0.05) is 5.56 Å². The molecule has 0 saturated carbocycles. The smallest absolute Gasteiger partial charge is 0.119 e. The second kappa shape index (κ2) is 6.68. The van der Waals surface area contributed by atoms with Crippen LogP contribution in [0.5, 0.6) is 5.75 Å². The number of nitrogens with zero attached hydrogens (tertiary/aromatic N) is 2. The number of hydrogen-bond acceptors (Lipinski definition) is 3. The third-order valence-corrected chi connectivity index (χ3v) is 3.33. The Bertz CT molecular complexity index is 765. The van der Waals surface area contributed by atoms with E-state index in [-0.39, 0.29) is 0 Å². The van der Waals surface area contributed by atoms with Gasteiger partial charge in [-0.1, -0.05) is 48.5 Å². The van der Waals surface area contributed by atoms with E-state index < -0.39 is 0 Å². The molecule has 3 aromatic rings. The first-order valence-electron chi connectivity index (χ1n) is 7.07. The molecule has 0 saturated heterocycles. The molecule has 0 aliphatic heterocycles. The highest BCUT2D eigenvalue weighted by Crippen LogP contribution is 2.31. The van der Waals surface area contributed by atoms with E-state index in [1.807, 2.05) is 60.7 Å². The molecule has 3 rings (SSSR count). The maximum absolute atomic E-state index is 5.14. The monoisotopic (exact) mass is 288 g/mol. The number of benzene rings is 3. The first kappa shape index (κ1) is 14.0. The number of rotatable bonds is 4. The maximum Gasteiger partial charge on any atom is 0.119 e. The molecule has 0 aliphatic carbocycles. The summed E-state index contributed by atoms with van der Waals surface area (Å²) in [6, 6.07) is 25.7. The summed E-state index contributed by atoms with van der Waals surface area (Å²) in [4.78, 5) is 0. The highest BCUT2D eigenvalue weighted by Gasteiger charge is 2.03. The van der Waals surface area contributed by atoms with Crippen molar-refractivity contribution in [1.82, 2.24) is 0 Å². The number of hydrogen-bond donors (Lipinski definition) is 0. The Balaban J connectivity index is 1.90. The molecule has 22 heavy (non-hydrogen) atoms. The molecule has 3 heteroatoms. The number of azo groups is 1. The average molecular weight is 288 g/mol. The Morgan fingerprint density at radius 3 is 2.09 bits per heavy atom. The van der Waals surface area contributed by atoms with Crippen molar-refractivity contribution in [3.8, 4) is 16.9 Å². The van der Waals surface area contributed by atoms with Crippen molar-refractivity contribution in [1.29, 1.82) is 0 Å². The van der Waals surface area contributed by atoms with Crippen molar-refractivity contribution in [2.45, 2.75) is 0 Å². The van der Waals surface area contributed by atoms with Gasteiger partial charge in [0.1, 0.15) is 5.75 Å². The van der Waals surface area contributed by atoms with Gasteiger partial charge in [-0.15, -0.1) is 5.11 Å². The fourth-order valence-corrected chi connectivity index (χ4v) is 2.18. The van der Waals surface area contributed by atoms with Crippen molar-refractivity contribution < 1.29 is 4.74 Å². The van der Waals surface area contributed by atoms with Crippen LogP contribution in [-0.2, 0) is 0 Å². The van der Waals surface area contributed by atoms with Gasteiger partial charge in [0.2, 0.25) is 0 Å². The van der Waals surface area contributed by atoms with Crippen LogP contribution in [0.4, 0.5) is 11.4 Å². The minimum absolute atomic E-state index is 0.795. The first-order valence-corrected chi connectivity index (χ1v) is 7.07. The van der Waals surface area contributed by atoms with Gasteiger partial charge in [-0.2, -0.15) is 5.11 Å². The van der Waals surface area contributed by atoms with Crippen LogP contribution in [0.3, 0.4) is 0 Å². The summed E-state index contributed by atoms with van der Waals surface area (Å²) >= 11 is 0. The lowest BCUT2D eigenvalue weighted by Crippen LogP contribution is -1.79. The molecule has 0 spiro atoms. The van der Waals surface area contributed by atoms with Gasteiger partial charge in [0.25, 0.3) is 0 Å². The Morgan fingerprint density at radius 2 is 1.36 bits per heavy atom. The van der Waals surface area contributed by atoms with Gasteiger partial charge < -0.3 is 4.74 Å². The van der Waals surface area contributed by atoms with Crippen molar-refractivity contribution in [3.05, 3.63) is 78.9 Å². The van der Waals surface area contributed by atoms with Gasteiger partial charge in [0.05, 0.1) is 18.5 Å². The van der Waals surface area contributed by atoms with Crippen molar-refractivity contribution in [2.24, 2.45) is 10.2 Å². The summed E-state index contributed by atoms with van der Waals surface area (Å²) in [6.07, 6.45) is 0. The molecule has 0 amide bonds. The molecule has 0 radical (unpaired) electrons. The molecule has 0 aliphatic rings. The lowest BCUT2D eigenvalue weighted by Gasteiger charge is -2.04. The summed E-state index contributed by atoms with van der Waals surface area (Å²) in [5.41, 5.74) is 3.85. The highest BCUT2D eigenvalue weighted by atomic mass is 16.5. The molecule has 0 aromatic heterocycles. The molecule has 0 N–H and O–H groups in total. The summed E-state index contributed by atoms with van der Waals surface area (Å²) in [6.45, 7) is 0. The molecule has 0 atom stereocenters. The van der Waals surface area contributed by atoms with E-state index in [1.165, 1.54) is 0 Å². The second-order valence-corrected chi connectivity index (χ2v) is 4.78. The van der Waals surface area contributed by atoms with E-state index >= 15 is 0 Å². The van der Waals surface area contributed by atoms with Gasteiger partial charge in [-0.3, -0.25) is 0 Å². The van der Waals surface area contributed by atoms with Crippen molar-refractivity contribution in [3.63, 3.8) is 0 Å². The van der Waals surface area contributed by atoms with Crippen LogP contribution in [0.15, 0.2) is 89.1 Å². The zero-order valence-corrected chi connectivity index (χ0v) is 12.3. The average Bonchev–Trinajstić information content (AvgIpc) is 2.61. The molecule has 0 bridgehead atoms. The predicted octanol–water partition coefficient (Wildman–Crippen LogP) is 5.78. The van der Waals surface area contributed by atoms with Crippen LogP contribution < -0.4 is 4.74 Å². The van der Waals surface area contributed by atoms with E-state index in [2.05, 4.69) is 28.4 Å². The van der Waals surface area contributed by atoms with Crippen molar-refractivity contribution in [2.75, 3.05) is 7.11 Å². The predicted molar refractivity (Wildman–Crippen MR) is 89.0 cm³/mol. The van der Waals surface area contributed by atoms with Gasteiger partial charge >= 0.3 is 0 Å². The molecule has 0 fully saturated rings. The third kappa shape index (κ3) is 3.20. The van der Waals surface area contributed by atoms with Crippen LogP contribution >= 0.6 is 0 Å². The summed E-state index contributed by atoms with van der Waals surface area (Å²) < 4.78 is 5.14. The molecule has 108 valence electrons. The normalized spacial score (nSPS) is 10.8. The SMILES string of the molecule is COc1ccc(N=Nc2ccccc2-c2ccccc2)cc1. The molecule has 0 unspecified atom stereocenters. The molecular weight excluding hydrogens is 272 g/mol. The van der Waals surface area contributed by atoms with Crippen LogP contribution in [0, 0.1) is 0 Å². The first-order chi connectivity index (χ1) is 10.9. The molecule has 3 nitrogen and oxygen atoms in total. The van der Waals surface area contributed by atoms with E-state index in [0.29, 0.717) is 0 Å². The zero-order valence-electron chi connectivity index (χ0n) is 12.3. The largest absolute Gasteiger partial charge is 0.497 e. The summed E-state index contributed by atoms with van der Waals surface area (Å²) in [5, 5.41) is 8.70. The van der Waals surface area contributed by atoms with Crippen LogP contribution in [0.1, 0.15) is 0 Å². The zero-order chi connectivity index (χ0) is 15.2. The lowest BCUT2D eigenvalue weighted by atomic mass is 10.0. The number of ether oxygens (including phenoxy) is 1. The van der Waals surface area contributed by atoms with Crippen LogP contribution in [0.25, 0.3) is 11.1 Å². The Labute approximate surface area is 129 Å². The van der Waals surface area contributed by atoms with Crippen LogP contribution in [0.2, 0.25) is 0 Å². The molecule has 0 heterocycles. The quantitative estimate of drug-likeness (QED) is 0.560. The summed E-state index contributed by atoms with van der Waals surface area (Å²) in [5.74, 6) is 0.809. The topological polar surface area (TPSA) is 34.0 Å². The van der Waals surface area contributed by atoms with E-state index in [4.69, 9.17) is 4.74 Å². The summed E-state index contributed by atoms with van der Waals surface area (Å²) in [7, 11) is 1.65. The number of methoxy groups -OCH3 is 1. The van der Waals surface area contributed by atoms with E-state index in [1.54, 1.807) is 7.11 Å². The van der Waals surface area contributed by atoms with Gasteiger partial charge in [0.15, 0.2) is 0 Å². The molecular formula is C19H16N2O. The fourth-order valence-electron chi connectivity index (χ4n) is 2.18. The maximum atomic E-state index is 5.14.